The molecule has 0 rings (SSSR count). The quantitative estimate of drug-likeness (QED) is 0.0246. The average molecular weight is 788 g/mol. The minimum Gasteiger partial charge on any atom is -0.387 e. The van der Waals surface area contributed by atoms with Crippen LogP contribution in [0.1, 0.15) is 219 Å². The van der Waals surface area contributed by atoms with E-state index in [1.807, 2.05) is 27.2 Å². The molecule has 0 saturated carbocycles. The third-order valence-corrected chi connectivity index (χ3v) is 11.5. The highest BCUT2D eigenvalue weighted by atomic mass is 31.2. The molecule has 8 nitrogen and oxygen atoms in total. The van der Waals surface area contributed by atoms with Crippen LogP contribution in [0.25, 0.3) is 0 Å². The Bertz CT molecular complexity index is 896. The second kappa shape index (κ2) is 37.8. The molecule has 9 heteroatoms. The summed E-state index contributed by atoms with van der Waals surface area (Å²) in [7, 11) is 1.58. The lowest BCUT2D eigenvalue weighted by molar-refractivity contribution is -0.870. The maximum absolute atomic E-state index is 12.8. The van der Waals surface area contributed by atoms with Crippen molar-refractivity contribution in [2.75, 3.05) is 40.9 Å². The molecule has 3 N–H and O–H groups in total. The Morgan fingerprint density at radius 3 is 1.37 bits per heavy atom. The Morgan fingerprint density at radius 1 is 0.611 bits per heavy atom. The second-order valence-electron chi connectivity index (χ2n) is 17.1. The fraction of sp³-hybridized carbons (Fsp3) is 0.933. The molecule has 0 saturated heterocycles. The van der Waals surface area contributed by atoms with Crippen LogP contribution in [0.2, 0.25) is 0 Å². The lowest BCUT2D eigenvalue weighted by Crippen LogP contribution is -2.45. The van der Waals surface area contributed by atoms with E-state index < -0.39 is 20.0 Å². The molecule has 0 radical (unpaired) electrons. The number of amides is 1. The highest BCUT2D eigenvalue weighted by Crippen LogP contribution is 2.43. The SMILES string of the molecule is CCCCCCCCCCCCCCCCCCCCCCCC/C=C/C(O)C(COP(=O)(O)OCC[N+](C)(C)C)NC(=O)CCCCCCCCCC. The zero-order valence-corrected chi connectivity index (χ0v) is 37.4. The predicted molar refractivity (Wildman–Crippen MR) is 231 cm³/mol. The summed E-state index contributed by atoms with van der Waals surface area (Å²) in [4.78, 5) is 23.0. The van der Waals surface area contributed by atoms with Crippen LogP contribution in [-0.2, 0) is 18.4 Å². The van der Waals surface area contributed by atoms with Crippen LogP contribution < -0.4 is 5.32 Å². The van der Waals surface area contributed by atoms with Gasteiger partial charge >= 0.3 is 7.82 Å². The first-order valence-corrected chi connectivity index (χ1v) is 24.6. The fourth-order valence-corrected chi connectivity index (χ4v) is 7.54. The second-order valence-corrected chi connectivity index (χ2v) is 18.6. The molecule has 0 aromatic rings. The zero-order chi connectivity index (χ0) is 40.0. The molecule has 0 aromatic carbocycles. The number of nitrogens with zero attached hydrogens (tertiary/aromatic N) is 1. The van der Waals surface area contributed by atoms with Crippen LogP contribution in [0, 0.1) is 0 Å². The number of phosphoric acid groups is 1. The van der Waals surface area contributed by atoms with Gasteiger partial charge in [-0.1, -0.05) is 206 Å². The van der Waals surface area contributed by atoms with E-state index >= 15 is 0 Å². The molecule has 0 heterocycles. The molecule has 0 aliphatic carbocycles. The number of aliphatic hydroxyl groups excluding tert-OH is 1. The highest BCUT2D eigenvalue weighted by Gasteiger charge is 2.27. The minimum atomic E-state index is -4.33. The number of rotatable bonds is 42. The zero-order valence-electron chi connectivity index (χ0n) is 36.5. The molecule has 1 amide bonds. The Balaban J connectivity index is 4.17. The molecule has 0 aromatic heterocycles. The van der Waals surface area contributed by atoms with Gasteiger partial charge in [-0.3, -0.25) is 13.8 Å². The van der Waals surface area contributed by atoms with E-state index in [-0.39, 0.29) is 19.1 Å². The standard InChI is InChI=1S/C45H91N2O6P/c1-6-8-10-12-14-16-17-18-19-20-21-22-23-24-25-26-27-28-29-30-31-32-34-36-38-44(48)43(42-53-54(50,51)52-41-40-47(3,4)5)46-45(49)39-37-35-33-15-13-11-9-7-2/h36,38,43-44,48H,6-35,37,39-42H2,1-5H3,(H-,46,49,50,51)/p+1/b38-36+. The summed E-state index contributed by atoms with van der Waals surface area (Å²) in [5.41, 5.74) is 0. The van der Waals surface area contributed by atoms with E-state index in [2.05, 4.69) is 19.2 Å². The van der Waals surface area contributed by atoms with Crippen molar-refractivity contribution < 1.29 is 32.9 Å². The molecular formula is C45H92N2O6P+. The van der Waals surface area contributed by atoms with Crippen molar-refractivity contribution in [1.29, 1.82) is 0 Å². The van der Waals surface area contributed by atoms with Gasteiger partial charge in [0.1, 0.15) is 13.2 Å². The van der Waals surface area contributed by atoms with Gasteiger partial charge in [0.25, 0.3) is 0 Å². The number of likely N-dealkylation sites (N-methyl/N-ethyl adjacent to an activating group) is 1. The number of carbonyl (C=O) groups excluding carboxylic acids is 1. The summed E-state index contributed by atoms with van der Waals surface area (Å²) in [5, 5.41) is 13.8. The van der Waals surface area contributed by atoms with Crippen LogP contribution in [0.3, 0.4) is 0 Å². The Hall–Kier alpha value is -0.760. The first-order valence-electron chi connectivity index (χ1n) is 23.1. The maximum Gasteiger partial charge on any atom is 0.472 e. The number of nitrogens with one attached hydrogen (secondary N) is 1. The van der Waals surface area contributed by atoms with Crippen LogP contribution >= 0.6 is 7.82 Å². The van der Waals surface area contributed by atoms with E-state index in [0.717, 1.165) is 32.1 Å². The average Bonchev–Trinajstić information content (AvgIpc) is 3.12. The van der Waals surface area contributed by atoms with Crippen molar-refractivity contribution in [2.24, 2.45) is 0 Å². The minimum absolute atomic E-state index is 0.0642. The number of phosphoric ester groups is 1. The largest absolute Gasteiger partial charge is 0.472 e. The Labute approximate surface area is 335 Å². The van der Waals surface area contributed by atoms with Crippen molar-refractivity contribution in [2.45, 2.75) is 231 Å². The van der Waals surface area contributed by atoms with E-state index in [4.69, 9.17) is 9.05 Å². The molecule has 0 fully saturated rings. The smallest absolute Gasteiger partial charge is 0.387 e. The van der Waals surface area contributed by atoms with Gasteiger partial charge in [0.15, 0.2) is 0 Å². The van der Waals surface area contributed by atoms with Crippen LogP contribution in [0.15, 0.2) is 12.2 Å². The summed E-state index contributed by atoms with van der Waals surface area (Å²) in [6.45, 7) is 4.79. The monoisotopic (exact) mass is 788 g/mol. The van der Waals surface area contributed by atoms with Gasteiger partial charge in [-0.05, 0) is 19.3 Å². The van der Waals surface area contributed by atoms with Crippen LogP contribution in [-0.4, -0.2) is 73.4 Å². The number of hydrogen-bond donors (Lipinski definition) is 3. The van der Waals surface area contributed by atoms with Crippen molar-refractivity contribution in [3.8, 4) is 0 Å². The van der Waals surface area contributed by atoms with E-state index in [1.165, 1.54) is 167 Å². The molecule has 322 valence electrons. The van der Waals surface area contributed by atoms with Gasteiger partial charge in [0.2, 0.25) is 5.91 Å². The Kier molecular flexibility index (Phi) is 37.3. The number of quaternary nitrogens is 1. The number of allylic oxidation sites excluding steroid dienone is 1. The summed E-state index contributed by atoms with van der Waals surface area (Å²) in [6, 6.07) is -0.838. The van der Waals surface area contributed by atoms with Gasteiger partial charge < -0.3 is 19.8 Å². The number of carbonyl (C=O) groups is 1. The summed E-state index contributed by atoms with van der Waals surface area (Å²) in [6.07, 6.45) is 43.0. The van der Waals surface area contributed by atoms with Gasteiger partial charge in [0.05, 0.1) is 39.9 Å². The fourth-order valence-electron chi connectivity index (χ4n) is 6.81. The van der Waals surface area contributed by atoms with Crippen molar-refractivity contribution in [3.63, 3.8) is 0 Å². The van der Waals surface area contributed by atoms with Crippen LogP contribution in [0.4, 0.5) is 0 Å². The molecule has 0 aliphatic rings. The summed E-state index contributed by atoms with van der Waals surface area (Å²) < 4.78 is 23.5. The molecule has 3 unspecified atom stereocenters. The number of hydrogen-bond acceptors (Lipinski definition) is 5. The van der Waals surface area contributed by atoms with Gasteiger partial charge in [0, 0.05) is 6.42 Å². The summed E-state index contributed by atoms with van der Waals surface area (Å²) >= 11 is 0. The number of aliphatic hydroxyl groups is 1. The van der Waals surface area contributed by atoms with Crippen molar-refractivity contribution in [1.82, 2.24) is 5.32 Å². The Morgan fingerprint density at radius 2 is 0.981 bits per heavy atom. The first kappa shape index (κ1) is 53.2. The topological polar surface area (TPSA) is 105 Å². The van der Waals surface area contributed by atoms with E-state index in [9.17, 15) is 19.4 Å². The predicted octanol–water partition coefficient (Wildman–Crippen LogP) is 12.8. The van der Waals surface area contributed by atoms with E-state index in [1.54, 1.807) is 6.08 Å². The maximum atomic E-state index is 12.8. The lowest BCUT2D eigenvalue weighted by atomic mass is 10.0. The third-order valence-electron chi connectivity index (χ3n) is 10.5. The molecular weight excluding hydrogens is 695 g/mol. The summed E-state index contributed by atoms with van der Waals surface area (Å²) in [5.74, 6) is -0.180. The van der Waals surface area contributed by atoms with Crippen molar-refractivity contribution in [3.05, 3.63) is 12.2 Å². The molecule has 3 atom stereocenters. The first-order chi connectivity index (χ1) is 26.0. The van der Waals surface area contributed by atoms with Gasteiger partial charge in [-0.25, -0.2) is 4.57 Å². The van der Waals surface area contributed by atoms with Gasteiger partial charge in [-0.2, -0.15) is 0 Å². The van der Waals surface area contributed by atoms with Gasteiger partial charge in [-0.15, -0.1) is 0 Å². The molecule has 0 bridgehead atoms. The van der Waals surface area contributed by atoms with Crippen LogP contribution in [0.5, 0.6) is 0 Å². The van der Waals surface area contributed by atoms with E-state index in [0.29, 0.717) is 17.4 Å². The molecule has 54 heavy (non-hydrogen) atoms. The molecule has 0 spiro atoms. The van der Waals surface area contributed by atoms with Crippen molar-refractivity contribution >= 4 is 13.7 Å². The number of unbranched alkanes of at least 4 members (excludes halogenated alkanes) is 29. The highest BCUT2D eigenvalue weighted by molar-refractivity contribution is 7.47. The lowest BCUT2D eigenvalue weighted by Gasteiger charge is -2.25. The third kappa shape index (κ3) is 39.5. The normalized spacial score (nSPS) is 14.4. The molecule has 0 aliphatic heterocycles.